The largest absolute Gasteiger partial charge is 0.496 e. The first kappa shape index (κ1) is 14.0. The average Bonchev–Trinajstić information content (AvgIpc) is 2.25. The molecule has 17 heavy (non-hydrogen) atoms. The molecular formula is C15H25NO. The maximum Gasteiger partial charge on any atom is 0.121 e. The van der Waals surface area contributed by atoms with E-state index >= 15 is 0 Å². The Hall–Kier alpha value is -1.02. The summed E-state index contributed by atoms with van der Waals surface area (Å²) in [7, 11) is 1.71. The van der Waals surface area contributed by atoms with Crippen molar-refractivity contribution in [2.45, 2.75) is 46.7 Å². The Morgan fingerprint density at radius 3 is 2.47 bits per heavy atom. The molecule has 1 aromatic carbocycles. The highest BCUT2D eigenvalue weighted by molar-refractivity contribution is 5.36. The second-order valence-corrected chi connectivity index (χ2v) is 5.22. The quantitative estimate of drug-likeness (QED) is 0.814. The summed E-state index contributed by atoms with van der Waals surface area (Å²) in [5.74, 6) is 1.71. The van der Waals surface area contributed by atoms with E-state index in [2.05, 4.69) is 45.1 Å². The summed E-state index contributed by atoms with van der Waals surface area (Å²) in [6.07, 6.45) is 1.22. The molecule has 0 spiro atoms. The molecule has 0 amide bonds. The van der Waals surface area contributed by atoms with Crippen LogP contribution in [0.15, 0.2) is 18.2 Å². The van der Waals surface area contributed by atoms with Crippen LogP contribution >= 0.6 is 0 Å². The van der Waals surface area contributed by atoms with E-state index in [-0.39, 0.29) is 0 Å². The van der Waals surface area contributed by atoms with E-state index in [1.807, 2.05) is 6.07 Å². The Bertz CT molecular complexity index is 347. The third kappa shape index (κ3) is 4.78. The highest BCUT2D eigenvalue weighted by Crippen LogP contribution is 2.18. The highest BCUT2D eigenvalue weighted by Gasteiger charge is 2.05. The highest BCUT2D eigenvalue weighted by atomic mass is 16.5. The van der Waals surface area contributed by atoms with Crippen LogP contribution in [0.2, 0.25) is 0 Å². The van der Waals surface area contributed by atoms with E-state index in [0.717, 1.165) is 18.2 Å². The Labute approximate surface area is 105 Å². The number of aryl methyl sites for hydroxylation is 1. The molecule has 0 fully saturated rings. The molecule has 1 atom stereocenters. The molecule has 0 aromatic heterocycles. The second kappa shape index (κ2) is 6.65. The van der Waals surface area contributed by atoms with Gasteiger partial charge in [-0.2, -0.15) is 0 Å². The van der Waals surface area contributed by atoms with Gasteiger partial charge < -0.3 is 10.1 Å². The minimum atomic E-state index is 0.567. The van der Waals surface area contributed by atoms with Crippen LogP contribution in [-0.4, -0.2) is 13.2 Å². The van der Waals surface area contributed by atoms with Gasteiger partial charge in [0.15, 0.2) is 0 Å². The monoisotopic (exact) mass is 235 g/mol. The van der Waals surface area contributed by atoms with Crippen molar-refractivity contribution >= 4 is 0 Å². The van der Waals surface area contributed by atoms with E-state index in [9.17, 15) is 0 Å². The number of nitrogens with one attached hydrogen (secondary N) is 1. The third-order valence-corrected chi connectivity index (χ3v) is 2.94. The van der Waals surface area contributed by atoms with E-state index < -0.39 is 0 Å². The molecular weight excluding hydrogens is 210 g/mol. The molecule has 0 heterocycles. The fraction of sp³-hybridized carbons (Fsp3) is 0.600. The van der Waals surface area contributed by atoms with Gasteiger partial charge in [0.2, 0.25) is 0 Å². The lowest BCUT2D eigenvalue weighted by molar-refractivity contribution is 0.411. The molecule has 0 saturated heterocycles. The van der Waals surface area contributed by atoms with Crippen molar-refractivity contribution in [2.24, 2.45) is 5.92 Å². The summed E-state index contributed by atoms with van der Waals surface area (Å²) in [6, 6.07) is 6.92. The molecule has 2 nitrogen and oxygen atoms in total. The van der Waals surface area contributed by atoms with Gasteiger partial charge in [-0.25, -0.2) is 0 Å². The van der Waals surface area contributed by atoms with Crippen molar-refractivity contribution in [3.8, 4) is 5.75 Å². The first-order valence-corrected chi connectivity index (χ1v) is 6.39. The zero-order valence-electron chi connectivity index (χ0n) is 11.7. The molecule has 0 aliphatic rings. The topological polar surface area (TPSA) is 21.3 Å². The summed E-state index contributed by atoms with van der Waals surface area (Å²) < 4.78 is 5.26. The van der Waals surface area contributed by atoms with Crippen molar-refractivity contribution < 1.29 is 4.74 Å². The first-order valence-electron chi connectivity index (χ1n) is 6.39. The maximum absolute atomic E-state index is 5.26. The zero-order valence-corrected chi connectivity index (χ0v) is 11.7. The smallest absolute Gasteiger partial charge is 0.121 e. The standard InChI is InChI=1S/C15H25NO/c1-11(2)8-13(4)16-10-14-6-7-15(17-5)12(3)9-14/h6-7,9,11,13,16H,8,10H2,1-5H3. The molecule has 0 radical (unpaired) electrons. The zero-order chi connectivity index (χ0) is 12.8. The average molecular weight is 235 g/mol. The molecule has 1 rings (SSSR count). The van der Waals surface area contributed by atoms with E-state index in [1.54, 1.807) is 7.11 Å². The Morgan fingerprint density at radius 1 is 1.24 bits per heavy atom. The van der Waals surface area contributed by atoms with E-state index in [0.29, 0.717) is 6.04 Å². The van der Waals surface area contributed by atoms with Crippen LogP contribution in [0, 0.1) is 12.8 Å². The first-order chi connectivity index (χ1) is 8.02. The van der Waals surface area contributed by atoms with Crippen LogP contribution in [-0.2, 0) is 6.54 Å². The molecule has 0 saturated carbocycles. The number of rotatable bonds is 6. The van der Waals surface area contributed by atoms with Gasteiger partial charge in [0.25, 0.3) is 0 Å². The number of benzene rings is 1. The van der Waals surface area contributed by atoms with Crippen molar-refractivity contribution in [2.75, 3.05) is 7.11 Å². The van der Waals surface area contributed by atoms with Gasteiger partial charge in [-0.3, -0.25) is 0 Å². The minimum absolute atomic E-state index is 0.567. The predicted octanol–water partition coefficient (Wildman–Crippen LogP) is 3.53. The molecule has 96 valence electrons. The summed E-state index contributed by atoms with van der Waals surface area (Å²) in [4.78, 5) is 0. The van der Waals surface area contributed by atoms with Gasteiger partial charge in [-0.15, -0.1) is 0 Å². The van der Waals surface area contributed by atoms with Crippen LogP contribution in [0.1, 0.15) is 38.3 Å². The van der Waals surface area contributed by atoms with Crippen LogP contribution in [0.25, 0.3) is 0 Å². The Kier molecular flexibility index (Phi) is 5.49. The van der Waals surface area contributed by atoms with Gasteiger partial charge in [0, 0.05) is 12.6 Å². The number of methoxy groups -OCH3 is 1. The lowest BCUT2D eigenvalue weighted by atomic mass is 10.0. The van der Waals surface area contributed by atoms with Gasteiger partial charge in [-0.1, -0.05) is 26.0 Å². The number of ether oxygens (including phenoxy) is 1. The SMILES string of the molecule is COc1ccc(CNC(C)CC(C)C)cc1C. The van der Waals surface area contributed by atoms with Crippen molar-refractivity contribution in [3.05, 3.63) is 29.3 Å². The van der Waals surface area contributed by atoms with Crippen LogP contribution in [0.3, 0.4) is 0 Å². The Balaban J connectivity index is 2.49. The van der Waals surface area contributed by atoms with Crippen molar-refractivity contribution in [3.63, 3.8) is 0 Å². The molecule has 1 unspecified atom stereocenters. The van der Waals surface area contributed by atoms with Crippen molar-refractivity contribution in [1.29, 1.82) is 0 Å². The minimum Gasteiger partial charge on any atom is -0.496 e. The fourth-order valence-corrected chi connectivity index (χ4v) is 2.13. The van der Waals surface area contributed by atoms with E-state index in [1.165, 1.54) is 17.5 Å². The molecule has 0 bridgehead atoms. The van der Waals surface area contributed by atoms with Crippen LogP contribution < -0.4 is 10.1 Å². The summed E-state index contributed by atoms with van der Waals surface area (Å²) in [5, 5.41) is 3.55. The lowest BCUT2D eigenvalue weighted by Crippen LogP contribution is -2.26. The van der Waals surface area contributed by atoms with Gasteiger partial charge in [-0.05, 0) is 43.4 Å². The molecule has 1 N–H and O–H groups in total. The maximum atomic E-state index is 5.26. The molecule has 1 aromatic rings. The summed E-state index contributed by atoms with van der Waals surface area (Å²) in [6.45, 7) is 9.78. The lowest BCUT2D eigenvalue weighted by Gasteiger charge is -2.16. The molecule has 0 aliphatic heterocycles. The second-order valence-electron chi connectivity index (χ2n) is 5.22. The summed E-state index contributed by atoms with van der Waals surface area (Å²) >= 11 is 0. The summed E-state index contributed by atoms with van der Waals surface area (Å²) in [5.41, 5.74) is 2.52. The van der Waals surface area contributed by atoms with Gasteiger partial charge >= 0.3 is 0 Å². The predicted molar refractivity (Wildman–Crippen MR) is 73.5 cm³/mol. The fourth-order valence-electron chi connectivity index (χ4n) is 2.13. The van der Waals surface area contributed by atoms with Crippen LogP contribution in [0.4, 0.5) is 0 Å². The molecule has 0 aliphatic carbocycles. The Morgan fingerprint density at radius 2 is 1.94 bits per heavy atom. The van der Waals surface area contributed by atoms with Gasteiger partial charge in [0.1, 0.15) is 5.75 Å². The van der Waals surface area contributed by atoms with E-state index in [4.69, 9.17) is 4.74 Å². The molecule has 2 heteroatoms. The normalized spacial score (nSPS) is 12.8. The third-order valence-electron chi connectivity index (χ3n) is 2.94. The van der Waals surface area contributed by atoms with Gasteiger partial charge in [0.05, 0.1) is 7.11 Å². The van der Waals surface area contributed by atoms with Crippen molar-refractivity contribution in [1.82, 2.24) is 5.32 Å². The number of hydrogen-bond acceptors (Lipinski definition) is 2. The van der Waals surface area contributed by atoms with Crippen LogP contribution in [0.5, 0.6) is 5.75 Å². The number of hydrogen-bond donors (Lipinski definition) is 1.